The molecule has 3 amide bonds. The molecule has 158 valence electrons. The molecule has 30 heavy (non-hydrogen) atoms. The molecule has 4 rings (SSSR count). The van der Waals surface area contributed by atoms with Gasteiger partial charge in [-0.3, -0.25) is 19.3 Å². The molecule has 0 bridgehead atoms. The van der Waals surface area contributed by atoms with E-state index in [1.54, 1.807) is 17.0 Å². The van der Waals surface area contributed by atoms with Crippen LogP contribution in [-0.4, -0.2) is 60.2 Å². The summed E-state index contributed by atoms with van der Waals surface area (Å²) in [6.07, 6.45) is 1.88. The molecule has 1 aromatic heterocycles. The van der Waals surface area contributed by atoms with Crippen LogP contribution in [0, 0.1) is 5.92 Å². The number of nitrogens with one attached hydrogen (secondary N) is 2. The predicted molar refractivity (Wildman–Crippen MR) is 116 cm³/mol. The van der Waals surface area contributed by atoms with Gasteiger partial charge < -0.3 is 15.5 Å². The quantitative estimate of drug-likeness (QED) is 0.711. The highest BCUT2D eigenvalue weighted by atomic mass is 32.1. The number of benzene rings is 1. The zero-order valence-corrected chi connectivity index (χ0v) is 17.6. The summed E-state index contributed by atoms with van der Waals surface area (Å²) in [6.45, 7) is 3.85. The Labute approximate surface area is 180 Å². The molecule has 0 radical (unpaired) electrons. The lowest BCUT2D eigenvalue weighted by atomic mass is 10.2. The standard InChI is InChI=1S/C22H26N4O3S/c27-20(26-12-10-25(11-13-26)15-16-4-2-1-3-5-16)14-23-22(29)18-8-9-19(30-18)24-21(28)17-6-7-17/h1-5,8-9,17H,6-7,10-15H2,(H,23,29)(H,24,28). The molecule has 8 heteroatoms. The molecule has 2 aromatic rings. The van der Waals surface area contributed by atoms with Crippen molar-refractivity contribution in [1.82, 2.24) is 15.1 Å². The Kier molecular flexibility index (Phi) is 6.44. The van der Waals surface area contributed by atoms with E-state index in [9.17, 15) is 14.4 Å². The minimum absolute atomic E-state index is 0.0147. The van der Waals surface area contributed by atoms with Gasteiger partial charge in [0.15, 0.2) is 0 Å². The highest BCUT2D eigenvalue weighted by molar-refractivity contribution is 7.18. The molecule has 1 saturated carbocycles. The second kappa shape index (κ2) is 9.40. The molecule has 0 spiro atoms. The van der Waals surface area contributed by atoms with E-state index in [1.165, 1.54) is 16.9 Å². The molecular weight excluding hydrogens is 400 g/mol. The fourth-order valence-corrected chi connectivity index (χ4v) is 4.27. The van der Waals surface area contributed by atoms with Crippen LogP contribution in [0.15, 0.2) is 42.5 Å². The molecule has 7 nitrogen and oxygen atoms in total. The first kappa shape index (κ1) is 20.6. The lowest BCUT2D eigenvalue weighted by Crippen LogP contribution is -2.50. The molecule has 2 fully saturated rings. The Bertz CT molecular complexity index is 902. The molecule has 0 atom stereocenters. The van der Waals surface area contributed by atoms with E-state index in [0.29, 0.717) is 23.0 Å². The van der Waals surface area contributed by atoms with Crippen molar-refractivity contribution in [3.63, 3.8) is 0 Å². The second-order valence-electron chi connectivity index (χ2n) is 7.75. The number of carbonyl (C=O) groups is 3. The van der Waals surface area contributed by atoms with Crippen LogP contribution in [-0.2, 0) is 16.1 Å². The summed E-state index contributed by atoms with van der Waals surface area (Å²) >= 11 is 1.23. The number of amides is 3. The lowest BCUT2D eigenvalue weighted by molar-refractivity contribution is -0.131. The number of nitrogens with zero attached hydrogens (tertiary/aromatic N) is 2. The molecule has 1 aromatic carbocycles. The topological polar surface area (TPSA) is 81.8 Å². The first-order valence-corrected chi connectivity index (χ1v) is 11.1. The van der Waals surface area contributed by atoms with Gasteiger partial charge >= 0.3 is 0 Å². The van der Waals surface area contributed by atoms with E-state index in [2.05, 4.69) is 27.7 Å². The molecule has 1 saturated heterocycles. The molecule has 1 aliphatic heterocycles. The maximum atomic E-state index is 12.5. The van der Waals surface area contributed by atoms with Crippen LogP contribution in [0.25, 0.3) is 0 Å². The van der Waals surface area contributed by atoms with Gasteiger partial charge in [-0.15, -0.1) is 11.3 Å². The molecule has 0 unspecified atom stereocenters. The average Bonchev–Trinajstić information content (AvgIpc) is 3.52. The van der Waals surface area contributed by atoms with Gasteiger partial charge in [0.1, 0.15) is 0 Å². The maximum Gasteiger partial charge on any atom is 0.261 e. The first-order valence-electron chi connectivity index (χ1n) is 10.3. The minimum atomic E-state index is -0.289. The summed E-state index contributed by atoms with van der Waals surface area (Å²) in [6, 6.07) is 13.7. The van der Waals surface area contributed by atoms with Crippen molar-refractivity contribution in [1.29, 1.82) is 0 Å². The highest BCUT2D eigenvalue weighted by Gasteiger charge is 2.30. The van der Waals surface area contributed by atoms with Gasteiger partial charge in [-0.25, -0.2) is 0 Å². The zero-order valence-electron chi connectivity index (χ0n) is 16.8. The Hall–Kier alpha value is -2.71. The van der Waals surface area contributed by atoms with Gasteiger partial charge in [0.25, 0.3) is 5.91 Å². The van der Waals surface area contributed by atoms with Crippen molar-refractivity contribution >= 4 is 34.1 Å². The van der Waals surface area contributed by atoms with E-state index in [-0.39, 0.29) is 30.2 Å². The van der Waals surface area contributed by atoms with Crippen LogP contribution in [0.4, 0.5) is 5.00 Å². The summed E-state index contributed by atoms with van der Waals surface area (Å²) in [4.78, 5) is 41.2. The number of thiophene rings is 1. The summed E-state index contributed by atoms with van der Waals surface area (Å²) in [5, 5.41) is 6.20. The Morgan fingerprint density at radius 1 is 0.967 bits per heavy atom. The smallest absolute Gasteiger partial charge is 0.261 e. The summed E-state index contributed by atoms with van der Waals surface area (Å²) < 4.78 is 0. The summed E-state index contributed by atoms with van der Waals surface area (Å²) in [5.74, 6) is -0.218. The molecular formula is C22H26N4O3S. The van der Waals surface area contributed by atoms with E-state index in [0.717, 1.165) is 32.5 Å². The number of carbonyl (C=O) groups excluding carboxylic acids is 3. The van der Waals surface area contributed by atoms with Crippen LogP contribution in [0.5, 0.6) is 0 Å². The monoisotopic (exact) mass is 426 g/mol. The summed E-state index contributed by atoms with van der Waals surface area (Å²) in [7, 11) is 0. The van der Waals surface area contributed by atoms with E-state index in [4.69, 9.17) is 0 Å². The fourth-order valence-electron chi connectivity index (χ4n) is 3.45. The van der Waals surface area contributed by atoms with Crippen molar-refractivity contribution < 1.29 is 14.4 Å². The highest BCUT2D eigenvalue weighted by Crippen LogP contribution is 2.31. The van der Waals surface area contributed by atoms with Crippen LogP contribution in [0.3, 0.4) is 0 Å². The molecule has 2 N–H and O–H groups in total. The normalized spacial score (nSPS) is 16.9. The van der Waals surface area contributed by atoms with E-state index < -0.39 is 0 Å². The van der Waals surface area contributed by atoms with Crippen LogP contribution in [0.2, 0.25) is 0 Å². The third-order valence-corrected chi connectivity index (χ3v) is 6.40. The minimum Gasteiger partial charge on any atom is -0.342 e. The van der Waals surface area contributed by atoms with Crippen LogP contribution < -0.4 is 10.6 Å². The third kappa shape index (κ3) is 5.46. The molecule has 1 aliphatic carbocycles. The average molecular weight is 427 g/mol. The Morgan fingerprint density at radius 3 is 2.40 bits per heavy atom. The molecule has 2 aliphatic rings. The Balaban J connectivity index is 1.19. The van der Waals surface area contributed by atoms with Crippen LogP contribution >= 0.6 is 11.3 Å². The number of hydrogen-bond acceptors (Lipinski definition) is 5. The number of hydrogen-bond donors (Lipinski definition) is 2. The largest absolute Gasteiger partial charge is 0.342 e. The van der Waals surface area contributed by atoms with Crippen molar-refractivity contribution in [3.8, 4) is 0 Å². The van der Waals surface area contributed by atoms with Crippen molar-refractivity contribution in [2.24, 2.45) is 5.92 Å². The van der Waals surface area contributed by atoms with Gasteiger partial charge in [0.2, 0.25) is 11.8 Å². The maximum absolute atomic E-state index is 12.5. The van der Waals surface area contributed by atoms with E-state index in [1.807, 2.05) is 18.2 Å². The van der Waals surface area contributed by atoms with Gasteiger partial charge in [0, 0.05) is 38.6 Å². The van der Waals surface area contributed by atoms with Gasteiger partial charge in [0.05, 0.1) is 16.4 Å². The van der Waals surface area contributed by atoms with Crippen molar-refractivity contribution in [3.05, 3.63) is 52.9 Å². The fraction of sp³-hybridized carbons (Fsp3) is 0.409. The van der Waals surface area contributed by atoms with Crippen LogP contribution in [0.1, 0.15) is 28.1 Å². The SMILES string of the molecule is O=C(NCC(=O)N1CCN(Cc2ccccc2)CC1)c1ccc(NC(=O)C2CC2)s1. The zero-order chi connectivity index (χ0) is 20.9. The summed E-state index contributed by atoms with van der Waals surface area (Å²) in [5.41, 5.74) is 1.27. The van der Waals surface area contributed by atoms with Crippen molar-refractivity contribution in [2.75, 3.05) is 38.0 Å². The Morgan fingerprint density at radius 2 is 1.70 bits per heavy atom. The van der Waals surface area contributed by atoms with E-state index >= 15 is 0 Å². The van der Waals surface area contributed by atoms with Gasteiger partial charge in [-0.2, -0.15) is 0 Å². The van der Waals surface area contributed by atoms with Crippen molar-refractivity contribution in [2.45, 2.75) is 19.4 Å². The lowest BCUT2D eigenvalue weighted by Gasteiger charge is -2.34. The van der Waals surface area contributed by atoms with Gasteiger partial charge in [-0.05, 0) is 30.5 Å². The number of piperazine rings is 1. The molecule has 2 heterocycles. The number of rotatable bonds is 7. The predicted octanol–water partition coefficient (Wildman–Crippen LogP) is 2.17. The third-order valence-electron chi connectivity index (χ3n) is 5.40. The number of anilines is 1. The second-order valence-corrected chi connectivity index (χ2v) is 8.84. The first-order chi connectivity index (χ1) is 14.6. The van der Waals surface area contributed by atoms with Gasteiger partial charge in [-0.1, -0.05) is 30.3 Å².